The van der Waals surface area contributed by atoms with Crippen molar-refractivity contribution in [3.63, 3.8) is 0 Å². The van der Waals surface area contributed by atoms with Crippen LogP contribution in [-0.4, -0.2) is 37.7 Å². The van der Waals surface area contributed by atoms with E-state index in [0.29, 0.717) is 18.1 Å². The van der Waals surface area contributed by atoms with Gasteiger partial charge in [-0.2, -0.15) is 0 Å². The number of ketones is 1. The zero-order valence-corrected chi connectivity index (χ0v) is 12.7. The summed E-state index contributed by atoms with van der Waals surface area (Å²) in [6.07, 6.45) is 6.39. The average molecular weight is 283 g/mol. The maximum atomic E-state index is 12.4. The molecule has 0 aromatic rings. The number of hydrogen-bond acceptors (Lipinski definition) is 4. The van der Waals surface area contributed by atoms with Gasteiger partial charge in [0.1, 0.15) is 5.78 Å². The van der Waals surface area contributed by atoms with Gasteiger partial charge < -0.3 is 15.2 Å². The molecule has 2 saturated heterocycles. The molecule has 0 aromatic carbocycles. The van der Waals surface area contributed by atoms with Crippen LogP contribution in [-0.2, 0) is 14.3 Å². The molecule has 4 heteroatoms. The second kappa shape index (κ2) is 7.53. The molecular formula is C16H29NO3. The third-order valence-electron chi connectivity index (χ3n) is 4.90. The lowest BCUT2D eigenvalue weighted by molar-refractivity contribution is -0.157. The highest BCUT2D eigenvalue weighted by molar-refractivity contribution is 5.81. The molecule has 0 radical (unpaired) electrons. The molecule has 2 atom stereocenters. The molecule has 0 bridgehead atoms. The van der Waals surface area contributed by atoms with Crippen LogP contribution >= 0.6 is 0 Å². The van der Waals surface area contributed by atoms with E-state index in [4.69, 9.17) is 15.2 Å². The number of ether oxygens (including phenoxy) is 2. The number of carbonyl (C=O) groups excluding carboxylic acids is 1. The van der Waals surface area contributed by atoms with Crippen LogP contribution in [0, 0.1) is 11.8 Å². The molecule has 0 amide bonds. The van der Waals surface area contributed by atoms with Crippen molar-refractivity contribution in [3.8, 4) is 0 Å². The van der Waals surface area contributed by atoms with Crippen LogP contribution in [0.25, 0.3) is 0 Å². The highest BCUT2D eigenvalue weighted by atomic mass is 16.5. The van der Waals surface area contributed by atoms with Gasteiger partial charge in [-0.25, -0.2) is 0 Å². The third-order valence-corrected chi connectivity index (χ3v) is 4.90. The molecule has 0 aliphatic carbocycles. The van der Waals surface area contributed by atoms with E-state index in [9.17, 15) is 4.79 Å². The first-order chi connectivity index (χ1) is 9.65. The van der Waals surface area contributed by atoms with Gasteiger partial charge in [-0.05, 0) is 51.0 Å². The first-order valence-corrected chi connectivity index (χ1v) is 8.10. The van der Waals surface area contributed by atoms with Gasteiger partial charge in [0.2, 0.25) is 0 Å². The van der Waals surface area contributed by atoms with Crippen LogP contribution in [0.4, 0.5) is 0 Å². The lowest BCUT2D eigenvalue weighted by Gasteiger charge is -2.43. The Morgan fingerprint density at radius 2 is 2.05 bits per heavy atom. The number of nitrogens with two attached hydrogens (primary N) is 1. The molecule has 2 aliphatic heterocycles. The van der Waals surface area contributed by atoms with E-state index in [1.54, 1.807) is 0 Å². The van der Waals surface area contributed by atoms with E-state index in [2.05, 4.69) is 6.92 Å². The Balaban J connectivity index is 1.80. The molecule has 2 rings (SSSR count). The molecule has 4 nitrogen and oxygen atoms in total. The van der Waals surface area contributed by atoms with E-state index in [-0.39, 0.29) is 11.5 Å². The summed E-state index contributed by atoms with van der Waals surface area (Å²) in [4.78, 5) is 12.4. The SMILES string of the molecule is CC(CCN)CCC(=O)C1CCOC2(CCOCC2)C1. The van der Waals surface area contributed by atoms with Crippen LogP contribution in [0.5, 0.6) is 0 Å². The van der Waals surface area contributed by atoms with E-state index < -0.39 is 0 Å². The van der Waals surface area contributed by atoms with Crippen LogP contribution in [0.2, 0.25) is 0 Å². The molecule has 2 heterocycles. The Kier molecular flexibility index (Phi) is 6.00. The Morgan fingerprint density at radius 3 is 2.75 bits per heavy atom. The smallest absolute Gasteiger partial charge is 0.136 e. The van der Waals surface area contributed by atoms with Crippen molar-refractivity contribution in [3.05, 3.63) is 0 Å². The van der Waals surface area contributed by atoms with Crippen molar-refractivity contribution >= 4 is 5.78 Å². The maximum absolute atomic E-state index is 12.4. The predicted molar refractivity (Wildman–Crippen MR) is 78.5 cm³/mol. The van der Waals surface area contributed by atoms with Crippen LogP contribution in [0.15, 0.2) is 0 Å². The van der Waals surface area contributed by atoms with E-state index >= 15 is 0 Å². The Bertz CT molecular complexity index is 307. The highest BCUT2D eigenvalue weighted by Crippen LogP contribution is 2.37. The van der Waals surface area contributed by atoms with E-state index in [1.165, 1.54) is 0 Å². The quantitative estimate of drug-likeness (QED) is 0.812. The normalized spacial score (nSPS) is 27.4. The predicted octanol–water partition coefficient (Wildman–Crippen LogP) is 2.30. The summed E-state index contributed by atoms with van der Waals surface area (Å²) in [5.74, 6) is 1.19. The topological polar surface area (TPSA) is 61.6 Å². The molecule has 0 aromatic heterocycles. The molecule has 2 aliphatic rings. The van der Waals surface area contributed by atoms with Crippen molar-refractivity contribution in [2.75, 3.05) is 26.4 Å². The lowest BCUT2D eigenvalue weighted by atomic mass is 9.78. The molecule has 2 unspecified atom stereocenters. The fraction of sp³-hybridized carbons (Fsp3) is 0.938. The van der Waals surface area contributed by atoms with Crippen LogP contribution < -0.4 is 5.73 Å². The van der Waals surface area contributed by atoms with Gasteiger partial charge in [-0.3, -0.25) is 4.79 Å². The second-order valence-corrected chi connectivity index (χ2v) is 6.52. The van der Waals surface area contributed by atoms with Crippen molar-refractivity contribution in [2.24, 2.45) is 17.6 Å². The number of carbonyl (C=O) groups is 1. The average Bonchev–Trinajstić information content (AvgIpc) is 2.46. The zero-order valence-electron chi connectivity index (χ0n) is 12.7. The van der Waals surface area contributed by atoms with Gasteiger partial charge >= 0.3 is 0 Å². The standard InChI is InChI=1S/C16H29NO3/c1-13(4-8-17)2-3-15(18)14-5-9-20-16(12-14)6-10-19-11-7-16/h13-14H,2-12,17H2,1H3. The summed E-state index contributed by atoms with van der Waals surface area (Å²) in [6.45, 7) is 5.18. The number of hydrogen-bond donors (Lipinski definition) is 1. The maximum Gasteiger partial charge on any atom is 0.136 e. The second-order valence-electron chi connectivity index (χ2n) is 6.52. The molecule has 20 heavy (non-hydrogen) atoms. The minimum absolute atomic E-state index is 0.0697. The molecule has 2 N–H and O–H groups in total. The first-order valence-electron chi connectivity index (χ1n) is 8.10. The van der Waals surface area contributed by atoms with Crippen LogP contribution in [0.3, 0.4) is 0 Å². The van der Waals surface area contributed by atoms with Crippen molar-refractivity contribution in [1.82, 2.24) is 0 Å². The van der Waals surface area contributed by atoms with Crippen molar-refractivity contribution < 1.29 is 14.3 Å². The largest absolute Gasteiger partial charge is 0.381 e. The van der Waals surface area contributed by atoms with Gasteiger partial charge in [-0.15, -0.1) is 0 Å². The molecule has 0 saturated carbocycles. The molecular weight excluding hydrogens is 254 g/mol. The van der Waals surface area contributed by atoms with Gasteiger partial charge in [0.25, 0.3) is 0 Å². The summed E-state index contributed by atoms with van der Waals surface area (Å²) < 4.78 is 11.4. The van der Waals surface area contributed by atoms with E-state index in [0.717, 1.165) is 64.9 Å². The monoisotopic (exact) mass is 283 g/mol. The van der Waals surface area contributed by atoms with Crippen molar-refractivity contribution in [2.45, 2.75) is 57.5 Å². The third kappa shape index (κ3) is 4.27. The van der Waals surface area contributed by atoms with Gasteiger partial charge in [0.15, 0.2) is 0 Å². The van der Waals surface area contributed by atoms with Crippen molar-refractivity contribution in [1.29, 1.82) is 0 Å². The van der Waals surface area contributed by atoms with Gasteiger partial charge in [0, 0.05) is 32.2 Å². The molecule has 2 fully saturated rings. The minimum Gasteiger partial charge on any atom is -0.381 e. The van der Waals surface area contributed by atoms with Gasteiger partial charge in [0.05, 0.1) is 5.60 Å². The first kappa shape index (κ1) is 15.9. The lowest BCUT2D eigenvalue weighted by Crippen LogP contribution is -2.45. The number of rotatable bonds is 6. The zero-order chi connectivity index (χ0) is 14.4. The van der Waals surface area contributed by atoms with Gasteiger partial charge in [-0.1, -0.05) is 6.92 Å². The Labute approximate surface area is 122 Å². The highest BCUT2D eigenvalue weighted by Gasteiger charge is 2.40. The molecule has 116 valence electrons. The van der Waals surface area contributed by atoms with Crippen LogP contribution in [0.1, 0.15) is 51.9 Å². The molecule has 1 spiro atoms. The summed E-state index contributed by atoms with van der Waals surface area (Å²) in [7, 11) is 0. The summed E-state index contributed by atoms with van der Waals surface area (Å²) >= 11 is 0. The fourth-order valence-electron chi connectivity index (χ4n) is 3.42. The summed E-state index contributed by atoms with van der Waals surface area (Å²) in [5.41, 5.74) is 5.49. The Hall–Kier alpha value is -0.450. The van der Waals surface area contributed by atoms with E-state index in [1.807, 2.05) is 0 Å². The fourth-order valence-corrected chi connectivity index (χ4v) is 3.42. The number of Topliss-reactive ketones (excluding diaryl/α,β-unsaturated/α-hetero) is 1. The summed E-state index contributed by atoms with van der Waals surface area (Å²) in [5, 5.41) is 0. The minimum atomic E-state index is -0.0697. The Morgan fingerprint density at radius 1 is 1.30 bits per heavy atom. The summed E-state index contributed by atoms with van der Waals surface area (Å²) in [6, 6.07) is 0.